The largest absolute Gasteiger partial charge is 0.358 e. The summed E-state index contributed by atoms with van der Waals surface area (Å²) in [5.74, 6) is -0.916. The van der Waals surface area contributed by atoms with Crippen LogP contribution in [0.4, 0.5) is 10.2 Å². The summed E-state index contributed by atoms with van der Waals surface area (Å²) in [5, 5.41) is 2.46. The fourth-order valence-electron chi connectivity index (χ4n) is 0.787. The number of carbonyl (C=O) groups is 1. The molecule has 0 fully saturated rings. The molecule has 0 radical (unpaired) electrons. The van der Waals surface area contributed by atoms with Gasteiger partial charge in [0.25, 0.3) is 0 Å². The fraction of sp³-hybridized carbons (Fsp3) is 0.375. The Kier molecular flexibility index (Phi) is 3.79. The highest BCUT2D eigenvalue weighted by Crippen LogP contribution is 2.11. The molecule has 0 atom stereocenters. The van der Waals surface area contributed by atoms with Gasteiger partial charge in [0, 0.05) is 14.1 Å². The van der Waals surface area contributed by atoms with Crippen LogP contribution in [0.15, 0.2) is 6.20 Å². The Bertz CT molecular complexity index is 372. The average Bonchev–Trinajstić information content (AvgIpc) is 2.18. The van der Waals surface area contributed by atoms with E-state index in [0.717, 1.165) is 6.20 Å². The molecule has 5 nitrogen and oxygen atoms in total. The van der Waals surface area contributed by atoms with Crippen LogP contribution in [0.5, 0.6) is 0 Å². The van der Waals surface area contributed by atoms with Crippen molar-refractivity contribution in [2.24, 2.45) is 0 Å². The Morgan fingerprint density at radius 2 is 2.33 bits per heavy atom. The molecule has 1 aromatic heterocycles. The maximum atomic E-state index is 13.1. The highest BCUT2D eigenvalue weighted by Gasteiger charge is 2.08. The van der Waals surface area contributed by atoms with Crippen molar-refractivity contribution in [2.45, 2.75) is 0 Å². The maximum absolute atomic E-state index is 13.1. The van der Waals surface area contributed by atoms with E-state index in [2.05, 4.69) is 15.3 Å². The molecule has 0 saturated carbocycles. The predicted molar refractivity (Wildman–Crippen MR) is 54.2 cm³/mol. The molecule has 1 heterocycles. The first-order valence-electron chi connectivity index (χ1n) is 4.12. The second-order valence-electron chi connectivity index (χ2n) is 2.98. The number of halogens is 2. The van der Waals surface area contributed by atoms with Gasteiger partial charge in [-0.15, -0.1) is 0 Å². The molecule has 0 saturated heterocycles. The number of amides is 1. The van der Waals surface area contributed by atoms with E-state index in [1.54, 1.807) is 14.1 Å². The number of rotatable bonds is 3. The third-order valence-corrected chi connectivity index (χ3v) is 1.80. The van der Waals surface area contributed by atoms with Crippen molar-refractivity contribution in [1.82, 2.24) is 14.9 Å². The van der Waals surface area contributed by atoms with Crippen LogP contribution >= 0.6 is 11.6 Å². The van der Waals surface area contributed by atoms with Crippen molar-refractivity contribution < 1.29 is 9.18 Å². The van der Waals surface area contributed by atoms with Crippen molar-refractivity contribution in [1.29, 1.82) is 0 Å². The lowest BCUT2D eigenvalue weighted by Crippen LogP contribution is -2.29. The summed E-state index contributed by atoms with van der Waals surface area (Å²) in [4.78, 5) is 19.6. The SMILES string of the molecule is CN(C)C(=O)CNc1nc(Cl)ncc1F. The zero-order valence-corrected chi connectivity index (χ0v) is 9.05. The van der Waals surface area contributed by atoms with E-state index in [4.69, 9.17) is 11.6 Å². The Morgan fingerprint density at radius 1 is 1.67 bits per heavy atom. The summed E-state index contributed by atoms with van der Waals surface area (Å²) in [6.45, 7) is -0.0444. The number of aromatic nitrogens is 2. The van der Waals surface area contributed by atoms with E-state index in [1.807, 2.05) is 0 Å². The average molecular weight is 233 g/mol. The highest BCUT2D eigenvalue weighted by atomic mass is 35.5. The van der Waals surface area contributed by atoms with E-state index >= 15 is 0 Å². The normalized spacial score (nSPS) is 9.87. The molecule has 1 amide bonds. The zero-order chi connectivity index (χ0) is 11.4. The lowest BCUT2D eigenvalue weighted by molar-refractivity contribution is -0.126. The van der Waals surface area contributed by atoms with E-state index in [0.29, 0.717) is 0 Å². The Labute approximate surface area is 91.3 Å². The minimum absolute atomic E-state index is 0.0444. The summed E-state index contributed by atoms with van der Waals surface area (Å²) in [6.07, 6.45) is 0.942. The minimum Gasteiger partial charge on any atom is -0.358 e. The molecular weight excluding hydrogens is 223 g/mol. The van der Waals surface area contributed by atoms with Gasteiger partial charge in [-0.05, 0) is 11.6 Å². The quantitative estimate of drug-likeness (QED) is 0.782. The first kappa shape index (κ1) is 11.6. The molecular formula is C8H10ClFN4O. The molecule has 0 aliphatic carbocycles. The molecule has 0 aliphatic heterocycles. The molecule has 1 aromatic rings. The van der Waals surface area contributed by atoms with Gasteiger partial charge in [-0.2, -0.15) is 4.98 Å². The van der Waals surface area contributed by atoms with Gasteiger partial charge in [-0.3, -0.25) is 4.79 Å². The van der Waals surface area contributed by atoms with Crippen LogP contribution in [0.2, 0.25) is 5.28 Å². The van der Waals surface area contributed by atoms with Crippen molar-refractivity contribution in [3.05, 3.63) is 17.3 Å². The first-order valence-corrected chi connectivity index (χ1v) is 4.50. The second kappa shape index (κ2) is 4.88. The van der Waals surface area contributed by atoms with Crippen LogP contribution < -0.4 is 5.32 Å². The Morgan fingerprint density at radius 3 is 2.93 bits per heavy atom. The maximum Gasteiger partial charge on any atom is 0.241 e. The van der Waals surface area contributed by atoms with Gasteiger partial charge in [0.15, 0.2) is 11.6 Å². The van der Waals surface area contributed by atoms with Crippen LogP contribution in [0.25, 0.3) is 0 Å². The summed E-state index contributed by atoms with van der Waals surface area (Å²) < 4.78 is 13.1. The fourth-order valence-corrected chi connectivity index (χ4v) is 0.920. The number of likely N-dealkylation sites (N-methyl/N-ethyl adjacent to an activating group) is 1. The zero-order valence-electron chi connectivity index (χ0n) is 8.29. The number of hydrogen-bond acceptors (Lipinski definition) is 4. The van der Waals surface area contributed by atoms with Crippen LogP contribution in [-0.2, 0) is 4.79 Å². The Balaban J connectivity index is 2.65. The molecule has 0 unspecified atom stereocenters. The van der Waals surface area contributed by atoms with Gasteiger partial charge in [-0.1, -0.05) is 0 Å². The first-order chi connectivity index (χ1) is 7.00. The molecule has 15 heavy (non-hydrogen) atoms. The standard InChI is InChI=1S/C8H10ClFN4O/c1-14(2)6(15)4-11-7-5(10)3-12-8(9)13-7/h3H,4H2,1-2H3,(H,11,12,13). The van der Waals surface area contributed by atoms with Gasteiger partial charge in [-0.25, -0.2) is 9.37 Å². The summed E-state index contributed by atoms with van der Waals surface area (Å²) in [7, 11) is 3.21. The van der Waals surface area contributed by atoms with Gasteiger partial charge < -0.3 is 10.2 Å². The van der Waals surface area contributed by atoms with Gasteiger partial charge >= 0.3 is 0 Å². The minimum atomic E-state index is -0.647. The smallest absolute Gasteiger partial charge is 0.241 e. The molecule has 7 heteroatoms. The van der Waals surface area contributed by atoms with Gasteiger partial charge in [0.2, 0.25) is 11.2 Å². The third-order valence-electron chi connectivity index (χ3n) is 1.62. The Hall–Kier alpha value is -1.43. The molecule has 1 N–H and O–H groups in total. The van der Waals surface area contributed by atoms with E-state index in [1.165, 1.54) is 4.90 Å². The molecule has 82 valence electrons. The van der Waals surface area contributed by atoms with Gasteiger partial charge in [0.05, 0.1) is 12.7 Å². The summed E-state index contributed by atoms with van der Waals surface area (Å²) in [6, 6.07) is 0. The van der Waals surface area contributed by atoms with Crippen molar-refractivity contribution in [3.63, 3.8) is 0 Å². The predicted octanol–water partition coefficient (Wildman–Crippen LogP) is 0.769. The van der Waals surface area contributed by atoms with E-state index in [-0.39, 0.29) is 23.6 Å². The van der Waals surface area contributed by atoms with Crippen molar-refractivity contribution in [2.75, 3.05) is 26.0 Å². The van der Waals surface area contributed by atoms with Crippen molar-refractivity contribution in [3.8, 4) is 0 Å². The summed E-state index contributed by atoms with van der Waals surface area (Å²) in [5.41, 5.74) is 0. The van der Waals surface area contributed by atoms with E-state index < -0.39 is 5.82 Å². The van der Waals surface area contributed by atoms with Crippen LogP contribution in [0, 0.1) is 5.82 Å². The number of anilines is 1. The lowest BCUT2D eigenvalue weighted by atomic mass is 10.5. The van der Waals surface area contributed by atoms with Crippen LogP contribution in [0.3, 0.4) is 0 Å². The molecule has 0 spiro atoms. The lowest BCUT2D eigenvalue weighted by Gasteiger charge is -2.11. The van der Waals surface area contributed by atoms with Crippen LogP contribution in [0.1, 0.15) is 0 Å². The number of hydrogen-bond donors (Lipinski definition) is 1. The van der Waals surface area contributed by atoms with Crippen LogP contribution in [-0.4, -0.2) is 41.4 Å². The molecule has 0 aliphatic rings. The number of nitrogens with one attached hydrogen (secondary N) is 1. The van der Waals surface area contributed by atoms with Crippen molar-refractivity contribution >= 4 is 23.3 Å². The van der Waals surface area contributed by atoms with Gasteiger partial charge in [0.1, 0.15) is 0 Å². The second-order valence-corrected chi connectivity index (χ2v) is 3.32. The van der Waals surface area contributed by atoms with E-state index in [9.17, 15) is 9.18 Å². The molecule has 1 rings (SSSR count). The number of carbonyl (C=O) groups excluding carboxylic acids is 1. The summed E-state index contributed by atoms with van der Waals surface area (Å²) >= 11 is 5.47. The monoisotopic (exact) mass is 232 g/mol. The topological polar surface area (TPSA) is 58.1 Å². The molecule has 0 bridgehead atoms. The molecule has 0 aromatic carbocycles. The highest BCUT2D eigenvalue weighted by molar-refractivity contribution is 6.28. The third kappa shape index (κ3) is 3.32. The number of nitrogens with zero attached hydrogens (tertiary/aromatic N) is 3.